The van der Waals surface area contributed by atoms with Crippen molar-refractivity contribution in [2.24, 2.45) is 10.9 Å². The molecular formula is C17H20N8O. The van der Waals surface area contributed by atoms with Gasteiger partial charge < -0.3 is 10.6 Å². The largest absolute Gasteiger partial charge is 0.355 e. The highest BCUT2D eigenvalue weighted by atomic mass is 16.3. The summed E-state index contributed by atoms with van der Waals surface area (Å²) in [5.41, 5.74) is 9.68. The zero-order chi connectivity index (χ0) is 18.1. The van der Waals surface area contributed by atoms with Crippen LogP contribution in [0, 0.1) is 11.8 Å². The Hall–Kier alpha value is -2.94. The molecule has 0 bridgehead atoms. The van der Waals surface area contributed by atoms with Crippen molar-refractivity contribution < 1.29 is 0 Å². The highest BCUT2D eigenvalue weighted by Crippen LogP contribution is 2.28. The van der Waals surface area contributed by atoms with Gasteiger partial charge in [-0.05, 0) is 31.9 Å². The van der Waals surface area contributed by atoms with E-state index >= 15 is 0 Å². The van der Waals surface area contributed by atoms with E-state index < -0.39 is 5.54 Å². The highest BCUT2D eigenvalue weighted by Gasteiger charge is 2.31. The molecule has 1 saturated heterocycles. The lowest BCUT2D eigenvalue weighted by Gasteiger charge is -2.38. The maximum Gasteiger partial charge on any atom is 0.202 e. The summed E-state index contributed by atoms with van der Waals surface area (Å²) in [6, 6.07) is 3.87. The number of nitrogens with two attached hydrogens (primary N) is 1. The Morgan fingerprint density at radius 1 is 1.35 bits per heavy atom. The fourth-order valence-corrected chi connectivity index (χ4v) is 3.34. The SMILES string of the molecule is Cc1ncccc1-c1[nH]nc2nc(N3CCC(N)(CN=O)CC3)cnc12. The number of rotatable bonds is 4. The Morgan fingerprint density at radius 2 is 2.15 bits per heavy atom. The van der Waals surface area contributed by atoms with Crippen molar-refractivity contribution in [3.63, 3.8) is 0 Å². The van der Waals surface area contributed by atoms with Crippen LogP contribution in [0.3, 0.4) is 0 Å². The van der Waals surface area contributed by atoms with Gasteiger partial charge in [0.25, 0.3) is 0 Å². The molecule has 134 valence electrons. The summed E-state index contributed by atoms with van der Waals surface area (Å²) in [5.74, 6) is 0.763. The van der Waals surface area contributed by atoms with Crippen LogP contribution in [0.1, 0.15) is 18.5 Å². The summed E-state index contributed by atoms with van der Waals surface area (Å²) in [6.07, 6.45) is 4.90. The number of aromatic amines is 1. The molecule has 0 aliphatic carbocycles. The van der Waals surface area contributed by atoms with E-state index in [1.54, 1.807) is 12.4 Å². The van der Waals surface area contributed by atoms with E-state index in [0.29, 0.717) is 31.6 Å². The van der Waals surface area contributed by atoms with Crippen LogP contribution in [0.25, 0.3) is 22.4 Å². The molecule has 1 aliphatic heterocycles. The van der Waals surface area contributed by atoms with Gasteiger partial charge in [-0.3, -0.25) is 10.1 Å². The average molecular weight is 352 g/mol. The molecule has 0 atom stereocenters. The lowest BCUT2D eigenvalue weighted by molar-refractivity contribution is 0.341. The van der Waals surface area contributed by atoms with Gasteiger partial charge in [0.05, 0.1) is 18.4 Å². The molecule has 1 aliphatic rings. The third-order valence-electron chi connectivity index (χ3n) is 4.99. The second-order valence-electron chi connectivity index (χ2n) is 6.77. The number of aryl methyl sites for hydroxylation is 1. The minimum absolute atomic E-state index is 0.152. The first-order valence-corrected chi connectivity index (χ1v) is 8.56. The molecule has 0 aromatic carbocycles. The molecule has 0 amide bonds. The fraction of sp³-hybridized carbons (Fsp3) is 0.412. The van der Waals surface area contributed by atoms with E-state index in [0.717, 1.165) is 28.3 Å². The molecule has 0 spiro atoms. The van der Waals surface area contributed by atoms with Gasteiger partial charge in [0.1, 0.15) is 11.3 Å². The summed E-state index contributed by atoms with van der Waals surface area (Å²) < 4.78 is 0. The predicted octanol–water partition coefficient (Wildman–Crippen LogP) is 1.79. The Balaban J connectivity index is 1.60. The third-order valence-corrected chi connectivity index (χ3v) is 4.99. The van der Waals surface area contributed by atoms with E-state index in [1.165, 1.54) is 0 Å². The van der Waals surface area contributed by atoms with Crippen LogP contribution in [-0.2, 0) is 0 Å². The first-order chi connectivity index (χ1) is 12.6. The lowest BCUT2D eigenvalue weighted by Crippen LogP contribution is -2.52. The van der Waals surface area contributed by atoms with Crippen molar-refractivity contribution in [2.75, 3.05) is 24.5 Å². The topological polar surface area (TPSA) is 126 Å². The molecule has 3 aromatic rings. The minimum atomic E-state index is -0.507. The number of fused-ring (bicyclic) bond motifs is 1. The van der Waals surface area contributed by atoms with E-state index in [-0.39, 0.29) is 6.54 Å². The van der Waals surface area contributed by atoms with E-state index in [9.17, 15) is 4.91 Å². The van der Waals surface area contributed by atoms with Crippen LogP contribution >= 0.6 is 0 Å². The molecule has 1 fully saturated rings. The number of hydrogen-bond donors (Lipinski definition) is 2. The van der Waals surface area contributed by atoms with E-state index in [4.69, 9.17) is 5.73 Å². The highest BCUT2D eigenvalue weighted by molar-refractivity contribution is 5.88. The Labute approximate surface area is 150 Å². The standard InChI is InChI=1S/C17H20N8O/c1-11-12(3-2-6-19-11)14-15-16(24-23-14)22-13(9-20-15)25-7-4-17(18,5-8-25)10-21-26/h2-3,6,9H,4-5,7-8,10,18H2,1H3,(H,22,23,24). The zero-order valence-electron chi connectivity index (χ0n) is 14.5. The molecule has 0 saturated carbocycles. The molecule has 0 unspecified atom stereocenters. The predicted molar refractivity (Wildman–Crippen MR) is 98.7 cm³/mol. The van der Waals surface area contributed by atoms with Gasteiger partial charge >= 0.3 is 0 Å². The zero-order valence-corrected chi connectivity index (χ0v) is 14.5. The summed E-state index contributed by atoms with van der Waals surface area (Å²) in [7, 11) is 0. The number of hydrogen-bond acceptors (Lipinski definition) is 8. The van der Waals surface area contributed by atoms with Crippen molar-refractivity contribution in [3.05, 3.63) is 35.1 Å². The van der Waals surface area contributed by atoms with Crippen molar-refractivity contribution >= 4 is 17.0 Å². The first kappa shape index (κ1) is 16.5. The number of aromatic nitrogens is 5. The number of pyridine rings is 1. The summed E-state index contributed by atoms with van der Waals surface area (Å²) in [4.78, 5) is 26.2. The first-order valence-electron chi connectivity index (χ1n) is 8.56. The molecule has 4 heterocycles. The van der Waals surface area contributed by atoms with Crippen LogP contribution in [0.4, 0.5) is 5.82 Å². The molecule has 3 N–H and O–H groups in total. The Bertz CT molecular complexity index is 945. The summed E-state index contributed by atoms with van der Waals surface area (Å²) in [6.45, 7) is 3.53. The number of anilines is 1. The van der Waals surface area contributed by atoms with Crippen LogP contribution in [0.2, 0.25) is 0 Å². The number of nitroso groups, excluding NO2 is 1. The molecule has 9 nitrogen and oxygen atoms in total. The summed E-state index contributed by atoms with van der Waals surface area (Å²) in [5, 5.41) is 10.3. The Morgan fingerprint density at radius 3 is 2.88 bits per heavy atom. The van der Waals surface area contributed by atoms with Crippen molar-refractivity contribution in [1.29, 1.82) is 0 Å². The summed E-state index contributed by atoms with van der Waals surface area (Å²) >= 11 is 0. The molecule has 3 aromatic heterocycles. The molecular weight excluding hydrogens is 332 g/mol. The van der Waals surface area contributed by atoms with Gasteiger partial charge in [0, 0.05) is 36.1 Å². The Kier molecular flexibility index (Phi) is 4.08. The van der Waals surface area contributed by atoms with Crippen LogP contribution < -0.4 is 10.6 Å². The van der Waals surface area contributed by atoms with Crippen molar-refractivity contribution in [1.82, 2.24) is 25.1 Å². The number of nitrogens with one attached hydrogen (secondary N) is 1. The van der Waals surface area contributed by atoms with Crippen LogP contribution in [-0.4, -0.2) is 50.3 Å². The van der Waals surface area contributed by atoms with Gasteiger partial charge in [0.2, 0.25) is 5.65 Å². The second-order valence-corrected chi connectivity index (χ2v) is 6.77. The van der Waals surface area contributed by atoms with Gasteiger partial charge in [-0.15, -0.1) is 0 Å². The van der Waals surface area contributed by atoms with Crippen molar-refractivity contribution in [2.45, 2.75) is 25.3 Å². The van der Waals surface area contributed by atoms with Crippen LogP contribution in [0.15, 0.2) is 29.7 Å². The maximum absolute atomic E-state index is 10.5. The third kappa shape index (κ3) is 2.90. The maximum atomic E-state index is 10.5. The molecule has 9 heteroatoms. The molecule has 26 heavy (non-hydrogen) atoms. The van der Waals surface area contributed by atoms with Crippen molar-refractivity contribution in [3.8, 4) is 11.3 Å². The quantitative estimate of drug-likeness (QED) is 0.685. The van der Waals surface area contributed by atoms with Gasteiger partial charge in [-0.25, -0.2) is 9.97 Å². The monoisotopic (exact) mass is 352 g/mol. The van der Waals surface area contributed by atoms with Gasteiger partial charge in [-0.1, -0.05) is 5.18 Å². The van der Waals surface area contributed by atoms with E-state index in [2.05, 4.69) is 35.2 Å². The minimum Gasteiger partial charge on any atom is -0.355 e. The normalized spacial score (nSPS) is 16.8. The second kappa shape index (κ2) is 6.41. The van der Waals surface area contributed by atoms with Crippen LogP contribution in [0.5, 0.6) is 0 Å². The lowest BCUT2D eigenvalue weighted by atomic mass is 9.89. The van der Waals surface area contributed by atoms with Gasteiger partial charge in [0.15, 0.2) is 0 Å². The smallest absolute Gasteiger partial charge is 0.202 e. The average Bonchev–Trinajstić information content (AvgIpc) is 3.06. The fourth-order valence-electron chi connectivity index (χ4n) is 3.34. The van der Waals surface area contributed by atoms with E-state index in [1.807, 2.05) is 19.1 Å². The molecule has 0 radical (unpaired) electrons. The molecule has 4 rings (SSSR count). The van der Waals surface area contributed by atoms with Gasteiger partial charge in [-0.2, -0.15) is 10.0 Å². The number of H-pyrrole nitrogens is 1. The number of nitrogens with zero attached hydrogens (tertiary/aromatic N) is 6. The number of piperidine rings is 1.